The number of hydrogen-bond acceptors (Lipinski definition) is 4. The topological polar surface area (TPSA) is 80.7 Å². The van der Waals surface area contributed by atoms with Gasteiger partial charge in [0.1, 0.15) is 10.6 Å². The van der Waals surface area contributed by atoms with E-state index in [0.717, 1.165) is 25.7 Å². The monoisotopic (exact) mass is 434 g/mol. The number of rotatable bonds is 12. The second-order valence-electron chi connectivity index (χ2n) is 6.13. The summed E-state index contributed by atoms with van der Waals surface area (Å²) in [4.78, 5) is 11.3. The van der Waals surface area contributed by atoms with Crippen LogP contribution >= 0.6 is 15.9 Å². The number of carbonyl (C=O) groups is 1. The van der Waals surface area contributed by atoms with Crippen molar-refractivity contribution in [3.63, 3.8) is 0 Å². The maximum Gasteiger partial charge on any atom is 0.325 e. The maximum absolute atomic E-state index is 12.1. The predicted molar refractivity (Wildman–Crippen MR) is 103 cm³/mol. The number of alkyl halides is 1. The van der Waals surface area contributed by atoms with Gasteiger partial charge in [-0.05, 0) is 25.0 Å². The number of unbranched alkanes of at least 4 members (excludes halogenated alkanes) is 5. The summed E-state index contributed by atoms with van der Waals surface area (Å²) in [6, 6.07) is 8.58. The van der Waals surface area contributed by atoms with Gasteiger partial charge in [-0.1, -0.05) is 79.6 Å². The molecule has 1 rings (SSSR count). The fourth-order valence-electron chi connectivity index (χ4n) is 2.54. The molecule has 1 N–H and O–H groups in total. The third-order valence-corrected chi connectivity index (χ3v) is 6.01. The highest BCUT2D eigenvalue weighted by atomic mass is 79.9. The summed E-state index contributed by atoms with van der Waals surface area (Å²) in [7, 11) is -4.20. The van der Waals surface area contributed by atoms with Gasteiger partial charge in [0.05, 0.1) is 5.25 Å². The third-order valence-electron chi connectivity index (χ3n) is 3.99. The third kappa shape index (κ3) is 9.37. The molecule has 7 heteroatoms. The molecule has 0 aliphatic carbocycles. The van der Waals surface area contributed by atoms with Gasteiger partial charge in [0.2, 0.25) is 0 Å². The average Bonchev–Trinajstić information content (AvgIpc) is 2.56. The number of esters is 1. The standard InChI is InChI=1S/C18H27BrO5S/c1-2-3-4-5-6-10-13-16(25(21,22)23)14-17(19)18(20)24-15-11-8-7-9-12-15/h7-9,11-12,16-17H,2-6,10,13-14H2,1H3,(H,21,22,23). The molecule has 0 aromatic heterocycles. The SMILES string of the molecule is CCCCCCCCC(CC(Br)C(=O)Oc1ccccc1)S(=O)(=O)O. The van der Waals surface area contributed by atoms with Crippen molar-refractivity contribution in [1.29, 1.82) is 0 Å². The van der Waals surface area contributed by atoms with Crippen LogP contribution in [0, 0.1) is 0 Å². The van der Waals surface area contributed by atoms with Crippen molar-refractivity contribution in [3.8, 4) is 5.75 Å². The molecule has 142 valence electrons. The van der Waals surface area contributed by atoms with E-state index in [4.69, 9.17) is 4.74 Å². The minimum absolute atomic E-state index is 0.0144. The van der Waals surface area contributed by atoms with Crippen LogP contribution in [0.5, 0.6) is 5.75 Å². The van der Waals surface area contributed by atoms with E-state index in [0.29, 0.717) is 18.6 Å². The van der Waals surface area contributed by atoms with Crippen LogP contribution in [-0.2, 0) is 14.9 Å². The number of hydrogen-bond donors (Lipinski definition) is 1. The maximum atomic E-state index is 12.1. The van der Waals surface area contributed by atoms with Gasteiger partial charge < -0.3 is 4.74 Å². The van der Waals surface area contributed by atoms with Gasteiger partial charge in [-0.3, -0.25) is 9.35 Å². The first-order valence-electron chi connectivity index (χ1n) is 8.71. The molecule has 0 bridgehead atoms. The number of benzene rings is 1. The highest BCUT2D eigenvalue weighted by Crippen LogP contribution is 2.22. The summed E-state index contributed by atoms with van der Waals surface area (Å²) < 4.78 is 37.8. The van der Waals surface area contributed by atoms with Crippen LogP contribution in [-0.4, -0.2) is 29.0 Å². The molecule has 2 atom stereocenters. The molecular formula is C18H27BrO5S. The van der Waals surface area contributed by atoms with E-state index in [1.165, 1.54) is 6.42 Å². The van der Waals surface area contributed by atoms with Crippen LogP contribution in [0.1, 0.15) is 58.3 Å². The van der Waals surface area contributed by atoms with Crippen LogP contribution in [0.25, 0.3) is 0 Å². The number of ether oxygens (including phenoxy) is 1. The van der Waals surface area contributed by atoms with Crippen LogP contribution in [0.2, 0.25) is 0 Å². The van der Waals surface area contributed by atoms with Crippen molar-refractivity contribution in [1.82, 2.24) is 0 Å². The van der Waals surface area contributed by atoms with Crippen LogP contribution in [0.15, 0.2) is 30.3 Å². The van der Waals surface area contributed by atoms with Crippen molar-refractivity contribution >= 4 is 32.0 Å². The normalized spacial score (nSPS) is 14.0. The van der Waals surface area contributed by atoms with Gasteiger partial charge in [-0.2, -0.15) is 8.42 Å². The molecule has 0 saturated carbocycles. The first-order valence-corrected chi connectivity index (χ1v) is 11.1. The van der Waals surface area contributed by atoms with Gasteiger partial charge in [0, 0.05) is 0 Å². The molecule has 0 heterocycles. The summed E-state index contributed by atoms with van der Waals surface area (Å²) in [5, 5.41) is -0.966. The van der Waals surface area contributed by atoms with Crippen LogP contribution in [0.3, 0.4) is 0 Å². The van der Waals surface area contributed by atoms with E-state index < -0.39 is 26.2 Å². The zero-order valence-corrected chi connectivity index (χ0v) is 17.0. The molecule has 1 aromatic rings. The lowest BCUT2D eigenvalue weighted by Gasteiger charge is -2.17. The summed E-state index contributed by atoms with van der Waals surface area (Å²) in [6.07, 6.45) is 6.48. The minimum Gasteiger partial charge on any atom is -0.426 e. The largest absolute Gasteiger partial charge is 0.426 e. The Hall–Kier alpha value is -0.920. The number of carbonyl (C=O) groups excluding carboxylic acids is 1. The Morgan fingerprint density at radius 3 is 2.32 bits per heavy atom. The number of halogens is 1. The van der Waals surface area contributed by atoms with Crippen LogP contribution < -0.4 is 4.74 Å². The van der Waals surface area contributed by atoms with Crippen molar-refractivity contribution in [2.45, 2.75) is 68.4 Å². The van der Waals surface area contributed by atoms with Gasteiger partial charge in [-0.25, -0.2) is 0 Å². The van der Waals surface area contributed by atoms with E-state index in [1.807, 2.05) is 0 Å². The summed E-state index contributed by atoms with van der Waals surface area (Å²) >= 11 is 3.19. The molecule has 25 heavy (non-hydrogen) atoms. The fourth-order valence-corrected chi connectivity index (χ4v) is 4.23. The smallest absolute Gasteiger partial charge is 0.325 e. The summed E-state index contributed by atoms with van der Waals surface area (Å²) in [5.41, 5.74) is 0. The van der Waals surface area contributed by atoms with Crippen molar-refractivity contribution < 1.29 is 22.5 Å². The zero-order chi connectivity index (χ0) is 18.7. The molecule has 0 radical (unpaired) electrons. The Bertz CT molecular complexity index is 603. The van der Waals surface area contributed by atoms with Gasteiger partial charge in [0.15, 0.2) is 0 Å². The lowest BCUT2D eigenvalue weighted by Crippen LogP contribution is -2.29. The molecule has 1 aromatic carbocycles. The molecule has 0 saturated heterocycles. The van der Waals surface area contributed by atoms with Crippen molar-refractivity contribution in [2.75, 3.05) is 0 Å². The number of para-hydroxylation sites is 1. The Morgan fingerprint density at radius 1 is 1.12 bits per heavy atom. The predicted octanol–water partition coefficient (Wildman–Crippen LogP) is 4.75. The lowest BCUT2D eigenvalue weighted by atomic mass is 10.1. The summed E-state index contributed by atoms with van der Waals surface area (Å²) in [5.74, 6) is -0.168. The first-order chi connectivity index (χ1) is 11.8. The molecule has 0 amide bonds. The zero-order valence-electron chi connectivity index (χ0n) is 14.6. The van der Waals surface area contributed by atoms with E-state index in [-0.39, 0.29) is 6.42 Å². The highest BCUT2D eigenvalue weighted by molar-refractivity contribution is 9.10. The van der Waals surface area contributed by atoms with Gasteiger partial charge >= 0.3 is 5.97 Å². The van der Waals surface area contributed by atoms with Crippen molar-refractivity contribution in [3.05, 3.63) is 30.3 Å². The highest BCUT2D eigenvalue weighted by Gasteiger charge is 2.29. The molecule has 0 aliphatic rings. The molecule has 0 spiro atoms. The second kappa shape index (κ2) is 11.6. The summed E-state index contributed by atoms with van der Waals surface area (Å²) in [6.45, 7) is 2.14. The lowest BCUT2D eigenvalue weighted by molar-refractivity contribution is -0.133. The van der Waals surface area contributed by atoms with E-state index in [2.05, 4.69) is 22.9 Å². The Labute approximate surface area is 159 Å². The van der Waals surface area contributed by atoms with E-state index in [1.54, 1.807) is 30.3 Å². The average molecular weight is 435 g/mol. The Morgan fingerprint density at radius 2 is 1.72 bits per heavy atom. The molecule has 0 fully saturated rings. The molecule has 2 unspecified atom stereocenters. The quantitative estimate of drug-likeness (QED) is 0.168. The molecule has 5 nitrogen and oxygen atoms in total. The Kier molecular flexibility index (Phi) is 10.3. The van der Waals surface area contributed by atoms with Crippen LogP contribution in [0.4, 0.5) is 0 Å². The second-order valence-corrected chi connectivity index (χ2v) is 8.93. The minimum atomic E-state index is -4.20. The van der Waals surface area contributed by atoms with Gasteiger partial charge in [0.25, 0.3) is 10.1 Å². The van der Waals surface area contributed by atoms with Gasteiger partial charge in [-0.15, -0.1) is 0 Å². The first kappa shape index (κ1) is 22.1. The Balaban J connectivity index is 2.49. The fraction of sp³-hybridized carbons (Fsp3) is 0.611. The molecular weight excluding hydrogens is 408 g/mol. The molecule has 0 aliphatic heterocycles. The van der Waals surface area contributed by atoms with Crippen molar-refractivity contribution in [2.24, 2.45) is 0 Å². The van der Waals surface area contributed by atoms with E-state index in [9.17, 15) is 17.8 Å². The van der Waals surface area contributed by atoms with E-state index >= 15 is 0 Å².